The van der Waals surface area contributed by atoms with E-state index < -0.39 is 0 Å². The number of para-hydroxylation sites is 1. The molecule has 0 saturated carbocycles. The number of hydrogen-bond acceptors (Lipinski definition) is 4. The molecule has 2 N–H and O–H groups in total. The molecule has 1 aliphatic heterocycles. The number of rotatable bonds is 6. The van der Waals surface area contributed by atoms with Gasteiger partial charge in [0.05, 0.1) is 23.1 Å². The lowest BCUT2D eigenvalue weighted by molar-refractivity contribution is 0.0950. The maximum atomic E-state index is 12.5. The van der Waals surface area contributed by atoms with Crippen molar-refractivity contribution in [1.82, 2.24) is 25.3 Å². The largest absolute Gasteiger partial charge is 0.352 e. The Morgan fingerprint density at radius 1 is 1.23 bits per heavy atom. The Hall–Kier alpha value is -1.89. The van der Waals surface area contributed by atoms with Crippen LogP contribution in [-0.2, 0) is 0 Å². The number of nitrogens with zero attached hydrogens (tertiary/aromatic N) is 3. The molecule has 2 heterocycles. The van der Waals surface area contributed by atoms with E-state index in [1.165, 1.54) is 0 Å². The van der Waals surface area contributed by atoms with Crippen LogP contribution in [-0.4, -0.2) is 59.9 Å². The average molecular weight is 378 g/mol. The van der Waals surface area contributed by atoms with Crippen molar-refractivity contribution in [1.29, 1.82) is 0 Å². The Bertz CT molecular complexity index is 724. The molecule has 3 rings (SSSR count). The Morgan fingerprint density at radius 3 is 2.69 bits per heavy atom. The van der Waals surface area contributed by atoms with Crippen LogP contribution in [0.15, 0.2) is 30.5 Å². The lowest BCUT2D eigenvalue weighted by Crippen LogP contribution is -2.44. The zero-order valence-electron chi connectivity index (χ0n) is 15.5. The molecule has 0 unspecified atom stereocenters. The predicted octanol–water partition coefficient (Wildman–Crippen LogP) is 1.94. The number of aromatic nitrogens is 2. The van der Waals surface area contributed by atoms with Crippen LogP contribution in [0.3, 0.4) is 0 Å². The summed E-state index contributed by atoms with van der Waals surface area (Å²) in [4.78, 5) is 14.9. The Morgan fingerprint density at radius 2 is 1.96 bits per heavy atom. The summed E-state index contributed by atoms with van der Waals surface area (Å²) in [5.41, 5.74) is 3.66. The smallest absolute Gasteiger partial charge is 0.254 e. The molecule has 0 aliphatic carbocycles. The number of hydrogen-bond donors (Lipinski definition) is 2. The predicted molar refractivity (Wildman–Crippen MR) is 107 cm³/mol. The Balaban J connectivity index is 0.00000243. The average Bonchev–Trinajstić information content (AvgIpc) is 3.01. The third-order valence-corrected chi connectivity index (χ3v) is 4.74. The van der Waals surface area contributed by atoms with Crippen LogP contribution >= 0.6 is 12.4 Å². The third kappa shape index (κ3) is 4.84. The van der Waals surface area contributed by atoms with Crippen LogP contribution in [0.5, 0.6) is 0 Å². The molecular weight excluding hydrogens is 350 g/mol. The van der Waals surface area contributed by atoms with E-state index in [0.717, 1.165) is 56.1 Å². The zero-order valence-corrected chi connectivity index (χ0v) is 16.3. The monoisotopic (exact) mass is 377 g/mol. The molecule has 26 heavy (non-hydrogen) atoms. The number of carbonyl (C=O) groups excluding carboxylic acids is 1. The van der Waals surface area contributed by atoms with Gasteiger partial charge in [-0.05, 0) is 38.4 Å². The molecule has 2 aromatic rings. The van der Waals surface area contributed by atoms with Gasteiger partial charge in [-0.2, -0.15) is 5.10 Å². The number of benzene rings is 1. The molecule has 7 heteroatoms. The first-order chi connectivity index (χ1) is 12.2. The van der Waals surface area contributed by atoms with Gasteiger partial charge in [0.1, 0.15) is 0 Å². The van der Waals surface area contributed by atoms with Crippen molar-refractivity contribution >= 4 is 18.3 Å². The normalized spacial score (nSPS) is 14.7. The summed E-state index contributed by atoms with van der Waals surface area (Å²) in [5.74, 6) is -0.0438. The van der Waals surface area contributed by atoms with E-state index in [1.54, 1.807) is 6.20 Å². The highest BCUT2D eigenvalue weighted by atomic mass is 35.5. The number of halogens is 1. The van der Waals surface area contributed by atoms with Gasteiger partial charge in [0.2, 0.25) is 0 Å². The summed E-state index contributed by atoms with van der Waals surface area (Å²) in [6.07, 6.45) is 2.63. The zero-order chi connectivity index (χ0) is 17.6. The van der Waals surface area contributed by atoms with E-state index in [9.17, 15) is 4.79 Å². The summed E-state index contributed by atoms with van der Waals surface area (Å²) in [6, 6.07) is 8.06. The van der Waals surface area contributed by atoms with Gasteiger partial charge in [0.25, 0.3) is 5.91 Å². The molecule has 6 nitrogen and oxygen atoms in total. The van der Waals surface area contributed by atoms with Crippen LogP contribution in [0.4, 0.5) is 0 Å². The highest BCUT2D eigenvalue weighted by Crippen LogP contribution is 2.17. The number of amides is 1. The van der Waals surface area contributed by atoms with Crippen LogP contribution < -0.4 is 10.6 Å². The molecule has 1 aliphatic rings. The van der Waals surface area contributed by atoms with Crippen molar-refractivity contribution in [2.75, 3.05) is 39.3 Å². The molecule has 0 radical (unpaired) electrons. The van der Waals surface area contributed by atoms with Crippen molar-refractivity contribution in [2.24, 2.45) is 0 Å². The maximum Gasteiger partial charge on any atom is 0.254 e. The van der Waals surface area contributed by atoms with Crippen LogP contribution in [0.25, 0.3) is 5.69 Å². The summed E-state index contributed by atoms with van der Waals surface area (Å²) in [7, 11) is 0. The number of aryl methyl sites for hydroxylation is 1. The minimum Gasteiger partial charge on any atom is -0.352 e. The van der Waals surface area contributed by atoms with Gasteiger partial charge in [-0.15, -0.1) is 12.4 Å². The summed E-state index contributed by atoms with van der Waals surface area (Å²) >= 11 is 0. The van der Waals surface area contributed by atoms with Gasteiger partial charge in [0.15, 0.2) is 0 Å². The Labute approximate surface area is 161 Å². The lowest BCUT2D eigenvalue weighted by Gasteiger charge is -2.27. The van der Waals surface area contributed by atoms with Crippen LogP contribution in [0.2, 0.25) is 0 Å². The summed E-state index contributed by atoms with van der Waals surface area (Å²) in [5, 5.41) is 10.8. The maximum absolute atomic E-state index is 12.5. The third-order valence-electron chi connectivity index (χ3n) is 4.74. The van der Waals surface area contributed by atoms with Crippen molar-refractivity contribution in [3.8, 4) is 5.69 Å². The van der Waals surface area contributed by atoms with Crippen LogP contribution in [0, 0.1) is 13.8 Å². The number of piperazine rings is 1. The summed E-state index contributed by atoms with van der Waals surface area (Å²) < 4.78 is 1.84. The van der Waals surface area contributed by atoms with E-state index in [1.807, 2.05) is 42.8 Å². The standard InChI is InChI=1S/C19H27N5O.ClH/c1-15-6-3-4-7-18(15)24-16(2)17(14-22-24)19(25)21-8-5-11-23-12-9-20-10-13-23;/h3-4,6-7,14,20H,5,8-13H2,1-2H3,(H,21,25);1H. The van der Waals surface area contributed by atoms with Gasteiger partial charge in [-0.25, -0.2) is 4.68 Å². The van der Waals surface area contributed by atoms with Gasteiger partial charge >= 0.3 is 0 Å². The molecule has 0 spiro atoms. The van der Waals surface area contributed by atoms with E-state index in [4.69, 9.17) is 0 Å². The molecule has 1 fully saturated rings. The van der Waals surface area contributed by atoms with Crippen molar-refractivity contribution in [2.45, 2.75) is 20.3 Å². The first-order valence-corrected chi connectivity index (χ1v) is 8.98. The van der Waals surface area contributed by atoms with Crippen molar-refractivity contribution in [3.05, 3.63) is 47.3 Å². The van der Waals surface area contributed by atoms with Gasteiger partial charge < -0.3 is 15.5 Å². The van der Waals surface area contributed by atoms with Gasteiger partial charge in [-0.1, -0.05) is 18.2 Å². The minimum atomic E-state index is -0.0438. The molecule has 1 aromatic heterocycles. The fourth-order valence-electron chi connectivity index (χ4n) is 3.21. The fraction of sp³-hybridized carbons (Fsp3) is 0.474. The second kappa shape index (κ2) is 9.71. The molecule has 1 aromatic carbocycles. The number of nitrogens with one attached hydrogen (secondary N) is 2. The molecule has 1 amide bonds. The quantitative estimate of drug-likeness (QED) is 0.755. The van der Waals surface area contributed by atoms with E-state index >= 15 is 0 Å². The second-order valence-corrected chi connectivity index (χ2v) is 6.54. The molecule has 142 valence electrons. The SMILES string of the molecule is Cc1ccccc1-n1ncc(C(=O)NCCCN2CCNCC2)c1C.Cl. The van der Waals surface area contributed by atoms with Crippen LogP contribution in [0.1, 0.15) is 28.0 Å². The highest BCUT2D eigenvalue weighted by Gasteiger charge is 2.16. The molecule has 1 saturated heterocycles. The van der Waals surface area contributed by atoms with Crippen molar-refractivity contribution in [3.63, 3.8) is 0 Å². The number of carbonyl (C=O) groups is 1. The van der Waals surface area contributed by atoms with E-state index in [0.29, 0.717) is 12.1 Å². The topological polar surface area (TPSA) is 62.2 Å². The highest BCUT2D eigenvalue weighted by molar-refractivity contribution is 5.95. The second-order valence-electron chi connectivity index (χ2n) is 6.54. The van der Waals surface area contributed by atoms with E-state index in [-0.39, 0.29) is 18.3 Å². The molecule has 0 atom stereocenters. The van der Waals surface area contributed by atoms with E-state index in [2.05, 4.69) is 20.6 Å². The van der Waals surface area contributed by atoms with Gasteiger partial charge in [0, 0.05) is 32.7 Å². The minimum absolute atomic E-state index is 0. The van der Waals surface area contributed by atoms with Crippen molar-refractivity contribution < 1.29 is 4.79 Å². The molecular formula is C19H28ClN5O. The first kappa shape index (κ1) is 20.4. The Kier molecular flexibility index (Phi) is 7.63. The summed E-state index contributed by atoms with van der Waals surface area (Å²) in [6.45, 7) is 10.0. The first-order valence-electron chi connectivity index (χ1n) is 8.98. The lowest BCUT2D eigenvalue weighted by atomic mass is 10.2. The van der Waals surface area contributed by atoms with Gasteiger partial charge in [-0.3, -0.25) is 4.79 Å². The molecule has 0 bridgehead atoms. The fourth-order valence-corrected chi connectivity index (χ4v) is 3.21.